The minimum atomic E-state index is -0.0253. The molecule has 0 aromatic heterocycles. The lowest BCUT2D eigenvalue weighted by Crippen LogP contribution is -2.32. The van der Waals surface area contributed by atoms with Crippen LogP contribution in [-0.4, -0.2) is 38.1 Å². The number of aryl methyl sites for hydroxylation is 2. The number of amides is 1. The van der Waals surface area contributed by atoms with Gasteiger partial charge < -0.3 is 14.8 Å². The summed E-state index contributed by atoms with van der Waals surface area (Å²) in [4.78, 5) is 15.0. The molecule has 1 saturated heterocycles. The fraction of sp³-hybridized carbons (Fsp3) is 0.367. The first kappa shape index (κ1) is 24.8. The normalized spacial score (nSPS) is 14.5. The molecule has 1 aliphatic heterocycles. The Bertz CT molecular complexity index is 1130. The highest BCUT2D eigenvalue weighted by atomic mass is 16.5. The van der Waals surface area contributed by atoms with Crippen LogP contribution < -0.4 is 14.8 Å². The predicted molar refractivity (Wildman–Crippen MR) is 140 cm³/mol. The zero-order valence-corrected chi connectivity index (χ0v) is 21.3. The molecule has 0 atom stereocenters. The molecule has 1 fully saturated rings. The van der Waals surface area contributed by atoms with E-state index in [2.05, 4.69) is 52.7 Å². The number of likely N-dealkylation sites (tertiary alicyclic amines) is 1. The van der Waals surface area contributed by atoms with Crippen LogP contribution in [0.3, 0.4) is 0 Å². The minimum absolute atomic E-state index is 0.0253. The Morgan fingerprint density at radius 3 is 2.11 bits per heavy atom. The van der Waals surface area contributed by atoms with Crippen molar-refractivity contribution in [2.45, 2.75) is 45.7 Å². The van der Waals surface area contributed by atoms with Crippen molar-refractivity contribution >= 4 is 5.91 Å². The van der Waals surface area contributed by atoms with Crippen LogP contribution in [0.5, 0.6) is 11.5 Å². The zero-order valence-electron chi connectivity index (χ0n) is 21.3. The molecule has 0 radical (unpaired) electrons. The van der Waals surface area contributed by atoms with E-state index >= 15 is 0 Å². The number of hydrogen-bond acceptors (Lipinski definition) is 4. The zero-order chi connectivity index (χ0) is 24.8. The molecule has 5 nitrogen and oxygen atoms in total. The second-order valence-corrected chi connectivity index (χ2v) is 9.54. The molecule has 5 heteroatoms. The van der Waals surface area contributed by atoms with Gasteiger partial charge in [-0.15, -0.1) is 0 Å². The van der Waals surface area contributed by atoms with E-state index in [-0.39, 0.29) is 5.91 Å². The van der Waals surface area contributed by atoms with E-state index in [1.165, 1.54) is 11.1 Å². The summed E-state index contributed by atoms with van der Waals surface area (Å²) in [6.07, 6.45) is 2.30. The van der Waals surface area contributed by atoms with Crippen molar-refractivity contribution in [2.24, 2.45) is 0 Å². The minimum Gasteiger partial charge on any atom is -0.493 e. The SMILES string of the molecule is COc1ccc(CN2CCC(c3ccc(CNC(=O)c4cc(C)cc(C)c4)cc3)CC2)cc1OC. The molecule has 184 valence electrons. The first-order chi connectivity index (χ1) is 16.9. The van der Waals surface area contributed by atoms with Gasteiger partial charge in [0.1, 0.15) is 0 Å². The molecule has 0 bridgehead atoms. The van der Waals surface area contributed by atoms with Crippen LogP contribution in [-0.2, 0) is 13.1 Å². The molecule has 0 spiro atoms. The summed E-state index contributed by atoms with van der Waals surface area (Å²) in [6.45, 7) is 7.65. The van der Waals surface area contributed by atoms with Crippen LogP contribution in [0.25, 0.3) is 0 Å². The number of carbonyl (C=O) groups excluding carboxylic acids is 1. The van der Waals surface area contributed by atoms with Crippen LogP contribution in [0.15, 0.2) is 60.7 Å². The summed E-state index contributed by atoms with van der Waals surface area (Å²) >= 11 is 0. The average molecular weight is 473 g/mol. The molecular weight excluding hydrogens is 436 g/mol. The predicted octanol–water partition coefficient (Wildman–Crippen LogP) is 5.63. The van der Waals surface area contributed by atoms with Gasteiger partial charge in [0.05, 0.1) is 14.2 Å². The molecule has 3 aromatic carbocycles. The van der Waals surface area contributed by atoms with Gasteiger partial charge in [0.25, 0.3) is 5.91 Å². The van der Waals surface area contributed by atoms with E-state index in [0.29, 0.717) is 12.5 Å². The Labute approximate surface area is 209 Å². The smallest absolute Gasteiger partial charge is 0.251 e. The molecule has 3 aromatic rings. The maximum absolute atomic E-state index is 12.5. The third-order valence-corrected chi connectivity index (χ3v) is 6.83. The largest absolute Gasteiger partial charge is 0.493 e. The number of piperidine rings is 1. The molecule has 0 aliphatic carbocycles. The van der Waals surface area contributed by atoms with Crippen LogP contribution in [0.4, 0.5) is 0 Å². The molecule has 0 saturated carbocycles. The highest BCUT2D eigenvalue weighted by Gasteiger charge is 2.21. The summed E-state index contributed by atoms with van der Waals surface area (Å²) < 4.78 is 10.8. The van der Waals surface area contributed by atoms with Gasteiger partial charge in [-0.25, -0.2) is 0 Å². The Kier molecular flexibility index (Phi) is 8.09. The van der Waals surface area contributed by atoms with Crippen LogP contribution in [0.2, 0.25) is 0 Å². The molecule has 1 aliphatic rings. The lowest BCUT2D eigenvalue weighted by molar-refractivity contribution is 0.0950. The second kappa shape index (κ2) is 11.4. The number of rotatable bonds is 8. The fourth-order valence-electron chi connectivity index (χ4n) is 4.96. The third kappa shape index (κ3) is 6.43. The average Bonchev–Trinajstić information content (AvgIpc) is 2.87. The molecule has 4 rings (SSSR count). The van der Waals surface area contributed by atoms with Gasteiger partial charge in [-0.1, -0.05) is 47.5 Å². The van der Waals surface area contributed by atoms with Crippen LogP contribution in [0.1, 0.15) is 56.9 Å². The summed E-state index contributed by atoms with van der Waals surface area (Å²) in [5.41, 5.74) is 6.69. The molecule has 0 unspecified atom stereocenters. The van der Waals surface area contributed by atoms with Crippen molar-refractivity contribution in [3.8, 4) is 11.5 Å². The summed E-state index contributed by atoms with van der Waals surface area (Å²) in [6, 6.07) is 20.9. The van der Waals surface area contributed by atoms with Crippen molar-refractivity contribution < 1.29 is 14.3 Å². The van der Waals surface area contributed by atoms with Crippen molar-refractivity contribution in [1.29, 1.82) is 0 Å². The number of hydrogen-bond donors (Lipinski definition) is 1. The van der Waals surface area contributed by atoms with Gasteiger partial charge >= 0.3 is 0 Å². The quantitative estimate of drug-likeness (QED) is 0.462. The maximum atomic E-state index is 12.5. The second-order valence-electron chi connectivity index (χ2n) is 9.54. The van der Waals surface area contributed by atoms with Gasteiger partial charge in [0.2, 0.25) is 0 Å². The fourth-order valence-corrected chi connectivity index (χ4v) is 4.96. The molecular formula is C30H36N2O3. The van der Waals surface area contributed by atoms with Crippen molar-refractivity contribution in [3.05, 3.63) is 94.0 Å². The summed E-state index contributed by atoms with van der Waals surface area (Å²) in [5.74, 6) is 2.10. The first-order valence-corrected chi connectivity index (χ1v) is 12.3. The van der Waals surface area contributed by atoms with E-state index in [1.807, 2.05) is 32.0 Å². The maximum Gasteiger partial charge on any atom is 0.251 e. The number of benzene rings is 3. The van der Waals surface area contributed by atoms with Gasteiger partial charge in [-0.3, -0.25) is 9.69 Å². The highest BCUT2D eigenvalue weighted by Crippen LogP contribution is 2.31. The first-order valence-electron chi connectivity index (χ1n) is 12.3. The van der Waals surface area contributed by atoms with Crippen molar-refractivity contribution in [2.75, 3.05) is 27.3 Å². The molecule has 1 amide bonds. The number of carbonyl (C=O) groups is 1. The summed E-state index contributed by atoms with van der Waals surface area (Å²) in [5, 5.41) is 3.05. The third-order valence-electron chi connectivity index (χ3n) is 6.83. The monoisotopic (exact) mass is 472 g/mol. The van der Waals surface area contributed by atoms with Gasteiger partial charge in [-0.2, -0.15) is 0 Å². The summed E-state index contributed by atoms with van der Waals surface area (Å²) in [7, 11) is 3.34. The van der Waals surface area contributed by atoms with Gasteiger partial charge in [0, 0.05) is 18.7 Å². The lowest BCUT2D eigenvalue weighted by atomic mass is 9.89. The standard InChI is InChI=1S/C30H36N2O3/c1-21-15-22(2)17-27(16-21)30(33)31-19-23-5-8-25(9-6-23)26-11-13-32(14-12-26)20-24-7-10-28(34-3)29(18-24)35-4/h5-10,15-18,26H,11-14,19-20H2,1-4H3,(H,31,33). The van der Waals surface area contributed by atoms with Gasteiger partial charge in [-0.05, 0) is 86.7 Å². The Morgan fingerprint density at radius 2 is 1.49 bits per heavy atom. The van der Waals surface area contributed by atoms with Crippen molar-refractivity contribution in [3.63, 3.8) is 0 Å². The molecule has 1 heterocycles. The Morgan fingerprint density at radius 1 is 0.857 bits per heavy atom. The number of methoxy groups -OCH3 is 2. The van der Waals surface area contributed by atoms with E-state index in [1.54, 1.807) is 14.2 Å². The van der Waals surface area contributed by atoms with Gasteiger partial charge in [0.15, 0.2) is 11.5 Å². The van der Waals surface area contributed by atoms with Crippen LogP contribution >= 0.6 is 0 Å². The van der Waals surface area contributed by atoms with Crippen LogP contribution in [0, 0.1) is 13.8 Å². The number of nitrogens with zero attached hydrogens (tertiary/aromatic N) is 1. The van der Waals surface area contributed by atoms with Crippen molar-refractivity contribution in [1.82, 2.24) is 10.2 Å². The van der Waals surface area contributed by atoms with E-state index < -0.39 is 0 Å². The van der Waals surface area contributed by atoms with E-state index in [0.717, 1.165) is 66.2 Å². The Balaban J connectivity index is 1.27. The Hall–Kier alpha value is -3.31. The lowest BCUT2D eigenvalue weighted by Gasteiger charge is -2.32. The number of nitrogens with one attached hydrogen (secondary N) is 1. The molecule has 1 N–H and O–H groups in total. The number of ether oxygens (including phenoxy) is 2. The van der Waals surface area contributed by atoms with E-state index in [9.17, 15) is 4.79 Å². The topological polar surface area (TPSA) is 50.8 Å². The van der Waals surface area contributed by atoms with E-state index in [4.69, 9.17) is 9.47 Å². The highest BCUT2D eigenvalue weighted by molar-refractivity contribution is 5.94. The molecule has 35 heavy (non-hydrogen) atoms.